The van der Waals surface area contributed by atoms with Crippen molar-refractivity contribution in [1.82, 2.24) is 4.90 Å². The molecule has 0 radical (unpaired) electrons. The molecule has 1 aromatic carbocycles. The first-order valence-electron chi connectivity index (χ1n) is 6.86. The fourth-order valence-electron chi connectivity index (χ4n) is 2.56. The number of Topliss-reactive ketones (excluding diaryl/α,β-unsaturated/α-hetero) is 1. The third-order valence-electron chi connectivity index (χ3n) is 3.64. The molecular weight excluding hydrogens is 304 g/mol. The van der Waals surface area contributed by atoms with E-state index in [1.165, 1.54) is 43.2 Å². The highest BCUT2D eigenvalue weighted by atomic mass is 16.6. The van der Waals surface area contributed by atoms with E-state index < -0.39 is 28.4 Å². The van der Waals surface area contributed by atoms with Crippen LogP contribution in [-0.2, 0) is 14.3 Å². The molecule has 1 unspecified atom stereocenters. The average molecular weight is 320 g/mol. The quantitative estimate of drug-likeness (QED) is 0.628. The second-order valence-corrected chi connectivity index (χ2v) is 5.06. The minimum Gasteiger partial charge on any atom is -0.503 e. The number of hydrogen-bond donors (Lipinski definition) is 1. The molecule has 0 spiro atoms. The summed E-state index contributed by atoms with van der Waals surface area (Å²) in [5.41, 5.74) is 0.397. The van der Waals surface area contributed by atoms with Crippen LogP contribution in [0.1, 0.15) is 18.5 Å². The lowest BCUT2D eigenvalue weighted by atomic mass is 9.96. The van der Waals surface area contributed by atoms with Crippen molar-refractivity contribution in [2.45, 2.75) is 13.0 Å². The molecule has 0 fully saturated rings. The van der Waals surface area contributed by atoms with Crippen LogP contribution in [0.3, 0.4) is 0 Å². The van der Waals surface area contributed by atoms with Gasteiger partial charge in [-0.15, -0.1) is 0 Å². The molecule has 23 heavy (non-hydrogen) atoms. The molecule has 0 saturated heterocycles. The number of hydrogen-bond acceptors (Lipinski definition) is 6. The molecule has 1 N–H and O–H groups in total. The summed E-state index contributed by atoms with van der Waals surface area (Å²) >= 11 is 0. The Kier molecular flexibility index (Phi) is 4.75. The third-order valence-corrected chi connectivity index (χ3v) is 3.64. The van der Waals surface area contributed by atoms with Gasteiger partial charge < -0.3 is 14.7 Å². The number of benzene rings is 1. The standard InChI is InChI=1S/C15H16N2O6/c1-9(18)12-13(10-3-5-11(6-4-10)17(21)22)16(7-8-23-2)15(20)14(12)19/h3-6,13,19H,7-8H2,1-2H3. The van der Waals surface area contributed by atoms with Crippen LogP contribution in [0.15, 0.2) is 35.6 Å². The Morgan fingerprint density at radius 2 is 2.00 bits per heavy atom. The summed E-state index contributed by atoms with van der Waals surface area (Å²) in [6.07, 6.45) is 0. The van der Waals surface area contributed by atoms with Crippen LogP contribution >= 0.6 is 0 Å². The molecule has 8 nitrogen and oxygen atoms in total. The molecule has 0 bridgehead atoms. The molecule has 1 aromatic rings. The first kappa shape index (κ1) is 16.6. The smallest absolute Gasteiger partial charge is 0.290 e. The maximum Gasteiger partial charge on any atom is 0.290 e. The summed E-state index contributed by atoms with van der Waals surface area (Å²) < 4.78 is 4.95. The molecule has 1 atom stereocenters. The molecule has 1 aliphatic rings. The number of carbonyl (C=O) groups is 2. The Bertz CT molecular complexity index is 680. The van der Waals surface area contributed by atoms with E-state index >= 15 is 0 Å². The minimum atomic E-state index is -0.782. The SMILES string of the molecule is COCCN1C(=O)C(O)=C(C(C)=O)C1c1ccc([N+](=O)[O-])cc1. The predicted molar refractivity (Wildman–Crippen MR) is 79.8 cm³/mol. The number of nitro benzene ring substituents is 1. The number of aliphatic hydroxyl groups is 1. The fourth-order valence-corrected chi connectivity index (χ4v) is 2.56. The van der Waals surface area contributed by atoms with Crippen molar-refractivity contribution in [1.29, 1.82) is 0 Å². The minimum absolute atomic E-state index is 0.0139. The van der Waals surface area contributed by atoms with Crippen molar-refractivity contribution in [3.8, 4) is 0 Å². The molecule has 0 aliphatic carbocycles. The van der Waals surface area contributed by atoms with Gasteiger partial charge in [-0.3, -0.25) is 19.7 Å². The van der Waals surface area contributed by atoms with Gasteiger partial charge >= 0.3 is 0 Å². The van der Waals surface area contributed by atoms with Crippen molar-refractivity contribution >= 4 is 17.4 Å². The monoisotopic (exact) mass is 320 g/mol. The van der Waals surface area contributed by atoms with Gasteiger partial charge in [0.15, 0.2) is 11.5 Å². The van der Waals surface area contributed by atoms with Crippen LogP contribution in [0.4, 0.5) is 5.69 Å². The molecule has 0 saturated carbocycles. The Hall–Kier alpha value is -2.74. The zero-order valence-corrected chi connectivity index (χ0v) is 12.7. The fraction of sp³-hybridized carbons (Fsp3) is 0.333. The van der Waals surface area contributed by atoms with E-state index in [0.717, 1.165) is 0 Å². The highest BCUT2D eigenvalue weighted by molar-refractivity contribution is 6.08. The zero-order chi connectivity index (χ0) is 17.1. The summed E-state index contributed by atoms with van der Waals surface area (Å²) in [6.45, 7) is 1.67. The maximum absolute atomic E-state index is 12.2. The van der Waals surface area contributed by atoms with E-state index in [1.54, 1.807) is 0 Å². The molecule has 122 valence electrons. The van der Waals surface area contributed by atoms with Gasteiger partial charge in [-0.05, 0) is 24.6 Å². The molecular formula is C15H16N2O6. The number of rotatable bonds is 6. The van der Waals surface area contributed by atoms with Gasteiger partial charge in [0.1, 0.15) is 0 Å². The van der Waals surface area contributed by atoms with E-state index in [4.69, 9.17) is 4.74 Å². The predicted octanol–water partition coefficient (Wildman–Crippen LogP) is 1.53. The maximum atomic E-state index is 12.2. The molecule has 0 aromatic heterocycles. The van der Waals surface area contributed by atoms with Gasteiger partial charge in [0.25, 0.3) is 11.6 Å². The number of nitrogens with zero attached hydrogens (tertiary/aromatic N) is 2. The topological polar surface area (TPSA) is 110 Å². The second kappa shape index (κ2) is 6.57. The molecule has 8 heteroatoms. The number of nitro groups is 1. The normalized spacial score (nSPS) is 17.7. The molecule has 1 amide bonds. The summed E-state index contributed by atoms with van der Waals surface area (Å²) in [5.74, 6) is -1.67. The first-order valence-corrected chi connectivity index (χ1v) is 6.86. The van der Waals surface area contributed by atoms with Crippen molar-refractivity contribution in [3.63, 3.8) is 0 Å². The summed E-state index contributed by atoms with van der Waals surface area (Å²) in [6, 6.07) is 4.74. The molecule has 2 rings (SSSR count). The van der Waals surface area contributed by atoms with E-state index in [2.05, 4.69) is 0 Å². The zero-order valence-electron chi connectivity index (χ0n) is 12.7. The van der Waals surface area contributed by atoms with E-state index in [0.29, 0.717) is 5.56 Å². The number of methoxy groups -OCH3 is 1. The lowest BCUT2D eigenvalue weighted by Crippen LogP contribution is -2.33. The summed E-state index contributed by atoms with van der Waals surface area (Å²) in [5, 5.41) is 20.7. The Morgan fingerprint density at radius 1 is 1.39 bits per heavy atom. The van der Waals surface area contributed by atoms with Crippen LogP contribution in [-0.4, -0.2) is 46.9 Å². The number of ether oxygens (including phenoxy) is 1. The van der Waals surface area contributed by atoms with Gasteiger partial charge in [-0.25, -0.2) is 0 Å². The number of ketones is 1. The largest absolute Gasteiger partial charge is 0.503 e. The van der Waals surface area contributed by atoms with Gasteiger partial charge in [0.2, 0.25) is 0 Å². The van der Waals surface area contributed by atoms with Gasteiger partial charge in [0, 0.05) is 25.8 Å². The van der Waals surface area contributed by atoms with Crippen molar-refractivity contribution in [2.24, 2.45) is 0 Å². The first-order chi connectivity index (χ1) is 10.9. The van der Waals surface area contributed by atoms with Crippen molar-refractivity contribution in [2.75, 3.05) is 20.3 Å². The average Bonchev–Trinajstić information content (AvgIpc) is 2.77. The Labute approximate surface area is 132 Å². The van der Waals surface area contributed by atoms with E-state index in [9.17, 15) is 24.8 Å². The van der Waals surface area contributed by atoms with Crippen LogP contribution in [0.5, 0.6) is 0 Å². The lowest BCUT2D eigenvalue weighted by molar-refractivity contribution is -0.384. The van der Waals surface area contributed by atoms with Gasteiger partial charge in [-0.2, -0.15) is 0 Å². The highest BCUT2D eigenvalue weighted by Crippen LogP contribution is 2.37. The van der Waals surface area contributed by atoms with Crippen LogP contribution < -0.4 is 0 Å². The molecule has 1 heterocycles. The highest BCUT2D eigenvalue weighted by Gasteiger charge is 2.42. The van der Waals surface area contributed by atoms with E-state index in [-0.39, 0.29) is 24.4 Å². The van der Waals surface area contributed by atoms with Crippen molar-refractivity contribution in [3.05, 3.63) is 51.3 Å². The van der Waals surface area contributed by atoms with Crippen LogP contribution in [0.25, 0.3) is 0 Å². The summed E-state index contributed by atoms with van der Waals surface area (Å²) in [4.78, 5) is 35.5. The van der Waals surface area contributed by atoms with Crippen molar-refractivity contribution < 1.29 is 24.4 Å². The Morgan fingerprint density at radius 3 is 2.48 bits per heavy atom. The van der Waals surface area contributed by atoms with E-state index in [1.807, 2.05) is 0 Å². The number of carbonyl (C=O) groups excluding carboxylic acids is 2. The lowest BCUT2D eigenvalue weighted by Gasteiger charge is -2.26. The third kappa shape index (κ3) is 3.07. The van der Waals surface area contributed by atoms with Gasteiger partial charge in [-0.1, -0.05) is 0 Å². The Balaban J connectivity index is 2.45. The van der Waals surface area contributed by atoms with Crippen LogP contribution in [0.2, 0.25) is 0 Å². The second-order valence-electron chi connectivity index (χ2n) is 5.06. The number of aliphatic hydroxyl groups excluding tert-OH is 1. The van der Waals surface area contributed by atoms with Gasteiger partial charge in [0.05, 0.1) is 23.1 Å². The molecule has 1 aliphatic heterocycles. The summed E-state index contributed by atoms with van der Waals surface area (Å²) in [7, 11) is 1.47. The van der Waals surface area contributed by atoms with Crippen LogP contribution in [0, 0.1) is 10.1 Å². The number of amides is 1. The number of non-ortho nitro benzene ring substituents is 1.